The van der Waals surface area contributed by atoms with Crippen LogP contribution in [0.15, 0.2) is 0 Å². The zero-order valence-corrected chi connectivity index (χ0v) is 21.6. The molecule has 4 atom stereocenters. The summed E-state index contributed by atoms with van der Waals surface area (Å²) in [6.45, 7) is -0.760. The van der Waals surface area contributed by atoms with E-state index in [1.807, 2.05) is 0 Å². The molecule has 0 saturated heterocycles. The van der Waals surface area contributed by atoms with Crippen molar-refractivity contribution in [3.8, 4) is 0 Å². The molecule has 0 saturated carbocycles. The number of rotatable bonds is 5. The second kappa shape index (κ2) is 19.8. The summed E-state index contributed by atoms with van der Waals surface area (Å²) in [6, 6.07) is 0. The smallest absolute Gasteiger partial charge is 0.822 e. The van der Waals surface area contributed by atoms with Gasteiger partial charge in [0.1, 0.15) is 24.4 Å². The molecule has 0 unspecified atom stereocenters. The Hall–Kier alpha value is 4.49. The minimum atomic E-state index is -5.39. The van der Waals surface area contributed by atoms with Crippen molar-refractivity contribution < 1.29 is 204 Å². The molecule has 10 nitrogen and oxygen atoms in total. The minimum absolute atomic E-state index is 0. The Labute approximate surface area is 242 Å². The molecule has 0 fully saturated rings. The van der Waals surface area contributed by atoms with Crippen LogP contribution in [-0.4, -0.2) is 62.8 Å². The number of hydrogen-bond acceptors (Lipinski definition) is 10. The molecule has 20 heavy (non-hydrogen) atoms. The minimum Gasteiger partial charge on any atom is -0.822 e. The summed E-state index contributed by atoms with van der Waals surface area (Å²) in [5.41, 5.74) is 0. The molecule has 14 heteroatoms. The average molecular weight is 392 g/mol. The number of carbonyl (C=O) groups excluding carboxylic acids is 1. The van der Waals surface area contributed by atoms with Crippen molar-refractivity contribution in [3.05, 3.63) is 0 Å². The van der Waals surface area contributed by atoms with Gasteiger partial charge in [-0.3, -0.25) is 0 Å². The van der Waals surface area contributed by atoms with Gasteiger partial charge in [-0.15, -0.1) is 0 Å². The summed E-state index contributed by atoms with van der Waals surface area (Å²) in [7, 11) is -5.39. The average Bonchev–Trinajstić information content (AvgIpc) is 2.22. The van der Waals surface area contributed by atoms with Gasteiger partial charge < -0.3 is 49.6 Å². The first-order chi connectivity index (χ1) is 7.54. The second-order valence-corrected chi connectivity index (χ2v) is 3.70. The van der Waals surface area contributed by atoms with Gasteiger partial charge in [-0.2, -0.15) is 7.82 Å². The summed E-state index contributed by atoms with van der Waals surface area (Å²) in [4.78, 5) is 35.5. The molecule has 0 aliphatic heterocycles. The predicted octanol–water partition coefficient (Wildman–Crippen LogP) is -15.2. The van der Waals surface area contributed by atoms with Crippen LogP contribution in [0.2, 0.25) is 0 Å². The Morgan fingerprint density at radius 2 is 1.25 bits per heavy atom. The molecule has 0 amide bonds. The SMILES string of the molecule is O=C[C@H](O)[C@@H](O)[C@H](O)[C@H](O)CO.O=P([O-])([O-])[O-].[K+].[K+].[K+]. The molecular formula is C6H12K3O10P. The Balaban J connectivity index is -0.0000000821. The topological polar surface area (TPSA) is 204 Å². The summed E-state index contributed by atoms with van der Waals surface area (Å²) in [5, 5.41) is 43.5. The maximum Gasteiger partial charge on any atom is 1.00 e. The van der Waals surface area contributed by atoms with Crippen molar-refractivity contribution in [1.29, 1.82) is 0 Å². The van der Waals surface area contributed by atoms with Crippen molar-refractivity contribution >= 4 is 14.1 Å². The fourth-order valence-electron chi connectivity index (χ4n) is 0.618. The van der Waals surface area contributed by atoms with E-state index in [0.29, 0.717) is 0 Å². The number of aliphatic hydroxyl groups is 5. The fraction of sp³-hybridized carbons (Fsp3) is 0.833. The fourth-order valence-corrected chi connectivity index (χ4v) is 0.618. The molecule has 0 bridgehead atoms. The molecule has 0 radical (unpaired) electrons. The van der Waals surface area contributed by atoms with Gasteiger partial charge in [-0.1, -0.05) is 0 Å². The van der Waals surface area contributed by atoms with Crippen LogP contribution in [0.1, 0.15) is 0 Å². The van der Waals surface area contributed by atoms with E-state index >= 15 is 0 Å². The van der Waals surface area contributed by atoms with Crippen LogP contribution in [-0.2, 0) is 9.36 Å². The third-order valence-electron chi connectivity index (χ3n) is 1.42. The largest absolute Gasteiger partial charge is 1.00 e. The maximum absolute atomic E-state index is 9.90. The summed E-state index contributed by atoms with van der Waals surface area (Å²) in [6.07, 6.45) is -6.84. The zero-order valence-electron chi connectivity index (χ0n) is 11.3. The van der Waals surface area contributed by atoms with Crippen molar-refractivity contribution in [3.63, 3.8) is 0 Å². The van der Waals surface area contributed by atoms with E-state index in [2.05, 4.69) is 0 Å². The number of aliphatic hydroxyl groups excluding tert-OH is 5. The van der Waals surface area contributed by atoms with E-state index in [-0.39, 0.29) is 160 Å². The van der Waals surface area contributed by atoms with E-state index in [0.717, 1.165) is 0 Å². The van der Waals surface area contributed by atoms with Gasteiger partial charge in [0, 0.05) is 0 Å². The predicted molar refractivity (Wildman–Crippen MR) is 44.8 cm³/mol. The van der Waals surface area contributed by atoms with Gasteiger partial charge in [0.05, 0.1) is 6.61 Å². The van der Waals surface area contributed by atoms with Gasteiger partial charge >= 0.3 is 154 Å². The van der Waals surface area contributed by atoms with Crippen molar-refractivity contribution in [2.24, 2.45) is 0 Å². The molecule has 0 aromatic rings. The molecule has 0 heterocycles. The van der Waals surface area contributed by atoms with Crippen LogP contribution in [0.25, 0.3) is 0 Å². The number of hydrogen-bond donors (Lipinski definition) is 5. The van der Waals surface area contributed by atoms with Crippen molar-refractivity contribution in [2.45, 2.75) is 24.4 Å². The standard InChI is InChI=1S/C6H12O6.3K.H3O4P/c7-1-3(9)5(11)6(12)4(10)2-8;;;;1-5(2,3)4/h1,3-6,8-12H,2H2;;;;(H3,1,2,3,4)/q;3*+1;/p-3/t3-,4+,5+,6+;;;;/m0..../s1. The van der Waals surface area contributed by atoms with Gasteiger partial charge in [-0.25, -0.2) is 0 Å². The van der Waals surface area contributed by atoms with E-state index in [1.54, 1.807) is 0 Å². The molecule has 0 spiro atoms. The molecule has 0 rings (SSSR count). The number of aldehydes is 1. The van der Waals surface area contributed by atoms with Crippen LogP contribution in [0, 0.1) is 0 Å². The first kappa shape index (κ1) is 35.6. The third-order valence-corrected chi connectivity index (χ3v) is 1.42. The summed E-state index contributed by atoms with van der Waals surface area (Å²) >= 11 is 0. The Morgan fingerprint density at radius 3 is 1.45 bits per heavy atom. The quantitative estimate of drug-likeness (QED) is 0.170. The van der Waals surface area contributed by atoms with Crippen LogP contribution < -0.4 is 169 Å². The zero-order chi connectivity index (χ0) is 14.2. The van der Waals surface area contributed by atoms with Gasteiger partial charge in [0.2, 0.25) is 0 Å². The Bertz CT molecular complexity index is 255. The van der Waals surface area contributed by atoms with Crippen LogP contribution in [0.5, 0.6) is 0 Å². The van der Waals surface area contributed by atoms with E-state index < -0.39 is 38.8 Å². The summed E-state index contributed by atoms with van der Waals surface area (Å²) in [5.74, 6) is 0. The molecule has 0 aliphatic carbocycles. The Morgan fingerprint density at radius 1 is 0.950 bits per heavy atom. The summed E-state index contributed by atoms with van der Waals surface area (Å²) < 4.78 is 8.55. The molecule has 0 aromatic heterocycles. The van der Waals surface area contributed by atoms with Gasteiger partial charge in [0.25, 0.3) is 0 Å². The Kier molecular flexibility index (Phi) is 35.2. The third kappa shape index (κ3) is 24.7. The molecule has 0 aliphatic rings. The first-order valence-electron chi connectivity index (χ1n) is 4.06. The first-order valence-corrected chi connectivity index (χ1v) is 5.52. The second-order valence-electron chi connectivity index (χ2n) is 2.80. The van der Waals surface area contributed by atoms with Crippen molar-refractivity contribution in [1.82, 2.24) is 0 Å². The maximum atomic E-state index is 9.90. The number of phosphoric acid groups is 1. The normalized spacial score (nSPS) is 15.6. The molecule has 104 valence electrons. The molecule has 5 N–H and O–H groups in total. The van der Waals surface area contributed by atoms with Gasteiger partial charge in [-0.05, 0) is 0 Å². The van der Waals surface area contributed by atoms with Crippen LogP contribution in [0.4, 0.5) is 0 Å². The van der Waals surface area contributed by atoms with E-state index in [1.165, 1.54) is 0 Å². The monoisotopic (exact) mass is 392 g/mol. The molecular weight excluding hydrogens is 380 g/mol. The number of carbonyl (C=O) groups is 1. The molecule has 0 aromatic carbocycles. The van der Waals surface area contributed by atoms with E-state index in [4.69, 9.17) is 44.8 Å². The van der Waals surface area contributed by atoms with Crippen LogP contribution in [0.3, 0.4) is 0 Å². The van der Waals surface area contributed by atoms with E-state index in [9.17, 15) is 4.79 Å². The van der Waals surface area contributed by atoms with Gasteiger partial charge in [0.15, 0.2) is 6.29 Å². The van der Waals surface area contributed by atoms with Crippen molar-refractivity contribution in [2.75, 3.05) is 6.61 Å². The van der Waals surface area contributed by atoms with Crippen LogP contribution >= 0.6 is 7.82 Å².